The Labute approximate surface area is 527 Å². The van der Waals surface area contributed by atoms with Gasteiger partial charge < -0.3 is 89.9 Å². The SMILES string of the molecule is CC/C=C\C/C=C\C/C=C\C/C=C\CCCCCCCCCCCCCCCCCCCCC(=O)NC(COC1OC(CO)C(OC2OC(CO)C(OC3OC(CO)C(O)C(O)C3O)C(O)C2O)C(O)C1O)C(O)/C=C/CC/C=C/CC/C=C/CCCC. The fourth-order valence-corrected chi connectivity index (χ4v) is 10.9. The standard InChI is InChI=1S/C69H119NO18/c1-3-5-7-9-11-13-15-17-18-19-20-21-22-23-24-25-26-27-28-29-30-31-32-33-34-35-37-39-41-43-45-47-57(75)70-52(53(74)46-44-42-40-38-36-16-14-12-10-8-6-4-2)51-83-67-63(81)60(78)65(55(49-72)85-67)88-69-64(82)61(79)66(56(50-73)86-69)87-68-62(80)59(77)58(76)54(48-71)84-68/h5,7,10-13,17-18,20-21,36,38,44,46,52-56,58-69,71-74,76-82H,3-4,6,8-9,14-16,19,22-35,37,39-43,45,47-51H2,1-2H3,(H,70,75)/b7-5-,12-10+,13-11-,18-17-,21-20-,38-36+,46-44+. The van der Waals surface area contributed by atoms with E-state index in [2.05, 4.69) is 92.1 Å². The van der Waals surface area contributed by atoms with E-state index in [9.17, 15) is 61.0 Å². The number of unbranched alkanes of at least 4 members (excludes halogenated alkanes) is 22. The van der Waals surface area contributed by atoms with Crippen LogP contribution in [0.15, 0.2) is 85.1 Å². The maximum atomic E-state index is 13.4. The molecule has 0 saturated carbocycles. The van der Waals surface area contributed by atoms with Crippen LogP contribution in [0.3, 0.4) is 0 Å². The zero-order chi connectivity index (χ0) is 64.0. The summed E-state index contributed by atoms with van der Waals surface area (Å²) in [5.41, 5.74) is 0. The van der Waals surface area contributed by atoms with Gasteiger partial charge in [0, 0.05) is 6.42 Å². The van der Waals surface area contributed by atoms with E-state index < -0.39 is 124 Å². The first-order valence-corrected chi connectivity index (χ1v) is 33.8. The summed E-state index contributed by atoms with van der Waals surface area (Å²) in [5, 5.41) is 120. The van der Waals surface area contributed by atoms with Crippen LogP contribution in [0.1, 0.15) is 213 Å². The van der Waals surface area contributed by atoms with Crippen molar-refractivity contribution < 1.29 is 89.4 Å². The molecule has 508 valence electrons. The van der Waals surface area contributed by atoms with Gasteiger partial charge >= 0.3 is 0 Å². The molecule has 3 rings (SSSR count). The Kier molecular flexibility index (Phi) is 45.5. The average molecular weight is 1250 g/mol. The van der Waals surface area contributed by atoms with Crippen molar-refractivity contribution in [3.8, 4) is 0 Å². The van der Waals surface area contributed by atoms with Gasteiger partial charge in [0.1, 0.15) is 73.2 Å². The lowest BCUT2D eigenvalue weighted by Gasteiger charge is -2.48. The van der Waals surface area contributed by atoms with Crippen molar-refractivity contribution in [2.75, 3.05) is 26.4 Å². The van der Waals surface area contributed by atoms with E-state index in [1.165, 1.54) is 109 Å². The second-order valence-electron chi connectivity index (χ2n) is 23.9. The Morgan fingerprint density at radius 2 is 0.795 bits per heavy atom. The molecule has 1 amide bonds. The van der Waals surface area contributed by atoms with Crippen LogP contribution in [0.4, 0.5) is 0 Å². The van der Waals surface area contributed by atoms with Crippen molar-refractivity contribution in [2.45, 2.75) is 317 Å². The number of amides is 1. The molecular weight excluding hydrogens is 1130 g/mol. The average Bonchev–Trinajstić information content (AvgIpc) is 1.54. The van der Waals surface area contributed by atoms with Crippen molar-refractivity contribution in [3.05, 3.63) is 85.1 Å². The van der Waals surface area contributed by atoms with Gasteiger partial charge in [-0.3, -0.25) is 4.79 Å². The van der Waals surface area contributed by atoms with Crippen LogP contribution < -0.4 is 5.32 Å². The van der Waals surface area contributed by atoms with Gasteiger partial charge in [-0.2, -0.15) is 0 Å². The summed E-state index contributed by atoms with van der Waals surface area (Å²) in [6.07, 6.45) is 37.3. The predicted molar refractivity (Wildman–Crippen MR) is 341 cm³/mol. The molecule has 0 aromatic rings. The summed E-state index contributed by atoms with van der Waals surface area (Å²) < 4.78 is 34.2. The Morgan fingerprint density at radius 3 is 1.27 bits per heavy atom. The third-order valence-electron chi connectivity index (χ3n) is 16.4. The second-order valence-corrected chi connectivity index (χ2v) is 23.9. The van der Waals surface area contributed by atoms with Gasteiger partial charge in [-0.05, 0) is 77.0 Å². The highest BCUT2D eigenvalue weighted by Crippen LogP contribution is 2.33. The van der Waals surface area contributed by atoms with Gasteiger partial charge in [-0.15, -0.1) is 0 Å². The zero-order valence-corrected chi connectivity index (χ0v) is 53.4. The predicted octanol–water partition coefficient (Wildman–Crippen LogP) is 8.32. The number of hydrogen-bond donors (Lipinski definition) is 12. The topological polar surface area (TPSA) is 307 Å². The van der Waals surface area contributed by atoms with Crippen LogP contribution in [-0.2, 0) is 33.2 Å². The van der Waals surface area contributed by atoms with Gasteiger partial charge in [0.25, 0.3) is 0 Å². The molecule has 19 heteroatoms. The molecule has 19 nitrogen and oxygen atoms in total. The molecule has 17 atom stereocenters. The molecule has 0 spiro atoms. The smallest absolute Gasteiger partial charge is 0.220 e. The van der Waals surface area contributed by atoms with E-state index in [0.717, 1.165) is 70.6 Å². The van der Waals surface area contributed by atoms with Gasteiger partial charge in [0.15, 0.2) is 18.9 Å². The quantitative estimate of drug-likeness (QED) is 0.0201. The van der Waals surface area contributed by atoms with E-state index in [0.29, 0.717) is 12.8 Å². The van der Waals surface area contributed by atoms with Crippen LogP contribution in [-0.4, -0.2) is 193 Å². The van der Waals surface area contributed by atoms with Crippen molar-refractivity contribution in [3.63, 3.8) is 0 Å². The molecule has 3 saturated heterocycles. The third-order valence-corrected chi connectivity index (χ3v) is 16.4. The van der Waals surface area contributed by atoms with Gasteiger partial charge in [-0.25, -0.2) is 0 Å². The van der Waals surface area contributed by atoms with Gasteiger partial charge in [0.2, 0.25) is 5.91 Å². The number of nitrogens with one attached hydrogen (secondary N) is 1. The number of allylic oxidation sites excluding steroid dienone is 13. The summed E-state index contributed by atoms with van der Waals surface area (Å²) in [7, 11) is 0. The van der Waals surface area contributed by atoms with Crippen LogP contribution in [0.5, 0.6) is 0 Å². The van der Waals surface area contributed by atoms with Crippen LogP contribution in [0.2, 0.25) is 0 Å². The summed E-state index contributed by atoms with van der Waals surface area (Å²) in [6, 6.07) is -0.998. The maximum absolute atomic E-state index is 13.4. The summed E-state index contributed by atoms with van der Waals surface area (Å²) in [4.78, 5) is 13.4. The Balaban J connectivity index is 1.37. The van der Waals surface area contributed by atoms with E-state index in [1.807, 2.05) is 6.08 Å². The highest BCUT2D eigenvalue weighted by atomic mass is 16.8. The number of aliphatic hydroxyl groups is 11. The number of carbonyl (C=O) groups is 1. The maximum Gasteiger partial charge on any atom is 0.220 e. The molecular formula is C69H119NO18. The lowest BCUT2D eigenvalue weighted by Crippen LogP contribution is -2.66. The van der Waals surface area contributed by atoms with E-state index >= 15 is 0 Å². The molecule has 0 aliphatic carbocycles. The van der Waals surface area contributed by atoms with Crippen molar-refractivity contribution in [1.82, 2.24) is 5.32 Å². The molecule has 3 aliphatic heterocycles. The molecule has 88 heavy (non-hydrogen) atoms. The molecule has 3 aliphatic rings. The zero-order valence-electron chi connectivity index (χ0n) is 53.4. The lowest BCUT2D eigenvalue weighted by atomic mass is 9.96. The lowest BCUT2D eigenvalue weighted by molar-refractivity contribution is -0.379. The van der Waals surface area contributed by atoms with Crippen molar-refractivity contribution >= 4 is 5.91 Å². The highest BCUT2D eigenvalue weighted by molar-refractivity contribution is 5.76. The summed E-state index contributed by atoms with van der Waals surface area (Å²) in [5.74, 6) is -0.293. The summed E-state index contributed by atoms with van der Waals surface area (Å²) >= 11 is 0. The summed E-state index contributed by atoms with van der Waals surface area (Å²) in [6.45, 7) is 1.52. The third kappa shape index (κ3) is 32.5. The number of hydrogen-bond acceptors (Lipinski definition) is 18. The normalized spacial score (nSPS) is 28.9. The van der Waals surface area contributed by atoms with E-state index in [4.69, 9.17) is 28.4 Å². The molecule has 12 N–H and O–H groups in total. The second kappa shape index (κ2) is 50.5. The van der Waals surface area contributed by atoms with Crippen LogP contribution in [0.25, 0.3) is 0 Å². The largest absolute Gasteiger partial charge is 0.394 e. The number of rotatable bonds is 50. The van der Waals surface area contributed by atoms with E-state index in [1.54, 1.807) is 6.08 Å². The highest BCUT2D eigenvalue weighted by Gasteiger charge is 2.53. The molecule has 3 fully saturated rings. The fraction of sp³-hybridized carbons (Fsp3) is 0.783. The Morgan fingerprint density at radius 1 is 0.420 bits per heavy atom. The molecule has 0 radical (unpaired) electrons. The first-order valence-electron chi connectivity index (χ1n) is 33.8. The minimum atomic E-state index is -1.98. The molecule has 17 unspecified atom stereocenters. The van der Waals surface area contributed by atoms with E-state index in [-0.39, 0.29) is 18.9 Å². The Bertz CT molecular complexity index is 1930. The molecule has 0 aromatic heterocycles. The van der Waals surface area contributed by atoms with Crippen LogP contribution >= 0.6 is 0 Å². The minimum Gasteiger partial charge on any atom is -0.394 e. The monoisotopic (exact) mass is 1250 g/mol. The first-order chi connectivity index (χ1) is 42.8. The minimum absolute atomic E-state index is 0.229. The number of ether oxygens (including phenoxy) is 6. The fourth-order valence-electron chi connectivity index (χ4n) is 10.9. The van der Waals surface area contributed by atoms with Gasteiger partial charge in [0.05, 0.1) is 38.6 Å². The number of carbonyl (C=O) groups excluding carboxylic acids is 1. The van der Waals surface area contributed by atoms with Crippen LogP contribution in [0, 0.1) is 0 Å². The molecule has 3 heterocycles. The number of aliphatic hydroxyl groups excluding tert-OH is 11. The first kappa shape index (κ1) is 79.2. The van der Waals surface area contributed by atoms with Crippen molar-refractivity contribution in [1.29, 1.82) is 0 Å². The Hall–Kier alpha value is -3.03. The van der Waals surface area contributed by atoms with Crippen molar-refractivity contribution in [2.24, 2.45) is 0 Å². The van der Waals surface area contributed by atoms with Gasteiger partial charge in [-0.1, -0.05) is 214 Å². The molecule has 0 aromatic carbocycles. The molecule has 0 bridgehead atoms.